The van der Waals surface area contributed by atoms with Crippen molar-refractivity contribution in [1.29, 1.82) is 0 Å². The summed E-state index contributed by atoms with van der Waals surface area (Å²) in [7, 11) is 1.29. The number of hydrogen-bond acceptors (Lipinski definition) is 3. The predicted octanol–water partition coefficient (Wildman–Crippen LogP) is 4.36. The number of carbonyl (C=O) groups excluding carboxylic acids is 2. The quantitative estimate of drug-likeness (QED) is 0.610. The number of benzene rings is 1. The SMILES string of the molecule is COC(=O)C1=C(C)NC(=O)C1=Cc1cc(C)n(-c2ccc(Cl)c(Cl)c2)c1C. The van der Waals surface area contributed by atoms with E-state index in [9.17, 15) is 9.59 Å². The maximum atomic E-state index is 12.3. The molecule has 0 fully saturated rings. The van der Waals surface area contributed by atoms with Gasteiger partial charge in [-0.2, -0.15) is 0 Å². The fourth-order valence-electron chi connectivity index (χ4n) is 3.23. The lowest BCUT2D eigenvalue weighted by molar-refractivity contribution is -0.136. The van der Waals surface area contributed by atoms with Gasteiger partial charge in [0.05, 0.1) is 28.3 Å². The van der Waals surface area contributed by atoms with Crippen molar-refractivity contribution in [2.24, 2.45) is 0 Å². The Morgan fingerprint density at radius 1 is 1.15 bits per heavy atom. The zero-order chi connectivity index (χ0) is 19.9. The van der Waals surface area contributed by atoms with Gasteiger partial charge in [0, 0.05) is 22.8 Å². The summed E-state index contributed by atoms with van der Waals surface area (Å²) >= 11 is 12.2. The first-order valence-corrected chi connectivity index (χ1v) is 8.97. The minimum atomic E-state index is -0.546. The van der Waals surface area contributed by atoms with Crippen LogP contribution >= 0.6 is 23.2 Å². The van der Waals surface area contributed by atoms with E-state index in [4.69, 9.17) is 27.9 Å². The number of hydrogen-bond donors (Lipinski definition) is 1. The van der Waals surface area contributed by atoms with E-state index >= 15 is 0 Å². The molecular weight excluding hydrogens is 387 g/mol. The monoisotopic (exact) mass is 404 g/mol. The lowest BCUT2D eigenvalue weighted by Gasteiger charge is -2.11. The van der Waals surface area contributed by atoms with Crippen LogP contribution in [0.3, 0.4) is 0 Å². The van der Waals surface area contributed by atoms with E-state index in [1.807, 2.05) is 30.5 Å². The summed E-state index contributed by atoms with van der Waals surface area (Å²) in [6, 6.07) is 7.34. The van der Waals surface area contributed by atoms with Gasteiger partial charge in [0.1, 0.15) is 0 Å². The van der Waals surface area contributed by atoms with Crippen molar-refractivity contribution in [3.8, 4) is 5.69 Å². The van der Waals surface area contributed by atoms with Crippen LogP contribution in [0.1, 0.15) is 23.9 Å². The summed E-state index contributed by atoms with van der Waals surface area (Å²) in [6.07, 6.45) is 1.70. The summed E-state index contributed by atoms with van der Waals surface area (Å²) in [5.74, 6) is -0.873. The molecule has 1 N–H and O–H groups in total. The van der Waals surface area contributed by atoms with E-state index in [-0.39, 0.29) is 17.1 Å². The molecule has 1 aliphatic rings. The third-order valence-electron chi connectivity index (χ3n) is 4.51. The summed E-state index contributed by atoms with van der Waals surface area (Å²) < 4.78 is 6.82. The van der Waals surface area contributed by atoms with Crippen LogP contribution in [-0.2, 0) is 14.3 Å². The highest BCUT2D eigenvalue weighted by molar-refractivity contribution is 6.42. The molecule has 1 aromatic carbocycles. The van der Waals surface area contributed by atoms with Crippen molar-refractivity contribution in [1.82, 2.24) is 9.88 Å². The van der Waals surface area contributed by atoms with Crippen LogP contribution in [0, 0.1) is 13.8 Å². The molecular formula is C20H18Cl2N2O3. The van der Waals surface area contributed by atoms with Gasteiger partial charge in [-0.15, -0.1) is 0 Å². The van der Waals surface area contributed by atoms with E-state index < -0.39 is 5.97 Å². The molecule has 0 aliphatic carbocycles. The van der Waals surface area contributed by atoms with Crippen molar-refractivity contribution in [3.63, 3.8) is 0 Å². The standard InChI is InChI=1S/C20H18Cl2N2O3/c1-10-7-13(8-15-18(20(26)27-4)11(2)23-19(15)25)12(3)24(10)14-5-6-16(21)17(22)9-14/h5-9H,1-4H3,(H,23,25). The molecule has 0 unspecified atom stereocenters. The van der Waals surface area contributed by atoms with E-state index in [1.165, 1.54) is 7.11 Å². The number of nitrogens with one attached hydrogen (secondary N) is 1. The van der Waals surface area contributed by atoms with Gasteiger partial charge in [-0.25, -0.2) is 4.79 Å². The molecule has 5 nitrogen and oxygen atoms in total. The molecule has 27 heavy (non-hydrogen) atoms. The van der Waals surface area contributed by atoms with E-state index in [0.29, 0.717) is 15.7 Å². The number of methoxy groups -OCH3 is 1. The molecule has 7 heteroatoms. The van der Waals surface area contributed by atoms with Crippen LogP contribution in [0.25, 0.3) is 11.8 Å². The topological polar surface area (TPSA) is 60.3 Å². The molecule has 2 heterocycles. The Morgan fingerprint density at radius 3 is 2.48 bits per heavy atom. The fraction of sp³-hybridized carbons (Fsp3) is 0.200. The highest BCUT2D eigenvalue weighted by atomic mass is 35.5. The molecule has 1 aliphatic heterocycles. The van der Waals surface area contributed by atoms with E-state index in [1.54, 1.807) is 25.1 Å². The first-order valence-electron chi connectivity index (χ1n) is 8.21. The first kappa shape index (κ1) is 19.3. The van der Waals surface area contributed by atoms with Crippen LogP contribution < -0.4 is 5.32 Å². The van der Waals surface area contributed by atoms with Crippen molar-refractivity contribution >= 4 is 41.2 Å². The Hall–Kier alpha value is -2.50. The lowest BCUT2D eigenvalue weighted by Crippen LogP contribution is -2.15. The minimum absolute atomic E-state index is 0.252. The van der Waals surface area contributed by atoms with Crippen LogP contribution in [0.4, 0.5) is 0 Å². The van der Waals surface area contributed by atoms with E-state index in [2.05, 4.69) is 5.32 Å². The number of aryl methyl sites for hydroxylation is 1. The van der Waals surface area contributed by atoms with Gasteiger partial charge >= 0.3 is 5.97 Å². The number of carbonyl (C=O) groups is 2. The normalized spacial score (nSPS) is 15.5. The van der Waals surface area contributed by atoms with Crippen LogP contribution in [0.2, 0.25) is 10.0 Å². The molecule has 2 aromatic rings. The summed E-state index contributed by atoms with van der Waals surface area (Å²) in [5, 5.41) is 3.62. The van der Waals surface area contributed by atoms with Crippen LogP contribution in [-0.4, -0.2) is 23.6 Å². The van der Waals surface area contributed by atoms with Crippen molar-refractivity contribution < 1.29 is 14.3 Å². The van der Waals surface area contributed by atoms with E-state index in [0.717, 1.165) is 22.6 Å². The Balaban J connectivity index is 2.11. The van der Waals surface area contributed by atoms with Gasteiger partial charge in [0.25, 0.3) is 5.91 Å². The fourth-order valence-corrected chi connectivity index (χ4v) is 3.52. The first-order chi connectivity index (χ1) is 12.7. The molecule has 3 rings (SSSR count). The molecule has 0 saturated heterocycles. The zero-order valence-electron chi connectivity index (χ0n) is 15.3. The Bertz CT molecular complexity index is 1030. The highest BCUT2D eigenvalue weighted by Crippen LogP contribution is 2.30. The number of ether oxygens (including phenoxy) is 1. The Kier molecular flexibility index (Phi) is 5.18. The smallest absolute Gasteiger partial charge is 0.340 e. The van der Waals surface area contributed by atoms with Gasteiger partial charge < -0.3 is 14.6 Å². The maximum Gasteiger partial charge on any atom is 0.340 e. The summed E-state index contributed by atoms with van der Waals surface area (Å²) in [5.41, 5.74) is 4.56. The van der Waals surface area contributed by atoms with Gasteiger partial charge in [-0.1, -0.05) is 23.2 Å². The number of halogens is 2. The van der Waals surface area contributed by atoms with Crippen molar-refractivity contribution in [3.05, 3.63) is 68.1 Å². The van der Waals surface area contributed by atoms with Crippen molar-refractivity contribution in [2.45, 2.75) is 20.8 Å². The second kappa shape index (κ2) is 7.25. The predicted molar refractivity (Wildman–Crippen MR) is 106 cm³/mol. The van der Waals surface area contributed by atoms with Gasteiger partial charge in [0.15, 0.2) is 0 Å². The largest absolute Gasteiger partial charge is 0.465 e. The highest BCUT2D eigenvalue weighted by Gasteiger charge is 2.31. The molecule has 0 bridgehead atoms. The second-order valence-electron chi connectivity index (χ2n) is 6.26. The summed E-state index contributed by atoms with van der Waals surface area (Å²) in [6.45, 7) is 5.56. The summed E-state index contributed by atoms with van der Waals surface area (Å²) in [4.78, 5) is 24.4. The lowest BCUT2D eigenvalue weighted by atomic mass is 10.0. The molecule has 1 aromatic heterocycles. The van der Waals surface area contributed by atoms with Gasteiger partial charge in [-0.3, -0.25) is 4.79 Å². The molecule has 140 valence electrons. The number of aromatic nitrogens is 1. The Labute approximate surface area is 167 Å². The van der Waals surface area contributed by atoms with Crippen LogP contribution in [0.15, 0.2) is 41.1 Å². The average molecular weight is 405 g/mol. The molecule has 1 amide bonds. The minimum Gasteiger partial charge on any atom is -0.465 e. The number of esters is 1. The molecule has 0 saturated carbocycles. The second-order valence-corrected chi connectivity index (χ2v) is 7.08. The molecule has 0 atom stereocenters. The molecule has 0 spiro atoms. The molecule has 0 radical (unpaired) electrons. The third kappa shape index (κ3) is 3.40. The third-order valence-corrected chi connectivity index (χ3v) is 5.25. The number of rotatable bonds is 3. The zero-order valence-corrected chi connectivity index (χ0v) is 16.8. The van der Waals surface area contributed by atoms with Crippen LogP contribution in [0.5, 0.6) is 0 Å². The van der Waals surface area contributed by atoms with Gasteiger partial charge in [0.2, 0.25) is 0 Å². The van der Waals surface area contributed by atoms with Crippen molar-refractivity contribution in [2.75, 3.05) is 7.11 Å². The number of amides is 1. The number of allylic oxidation sites excluding steroid dienone is 1. The van der Waals surface area contributed by atoms with Gasteiger partial charge in [-0.05, 0) is 56.7 Å². The average Bonchev–Trinajstić information content (AvgIpc) is 3.05. The maximum absolute atomic E-state index is 12.3. The Morgan fingerprint density at radius 2 is 1.85 bits per heavy atom. The number of nitrogens with zero attached hydrogens (tertiary/aromatic N) is 1.